The number of rotatable bonds is 1. The molecule has 1 radical (unpaired) electrons. The van der Waals surface area contributed by atoms with Gasteiger partial charge >= 0.3 is 0 Å². The molecule has 6 aliphatic heterocycles. The molecule has 0 aromatic rings. The molecule has 6 rings (SSSR count). The van der Waals surface area contributed by atoms with Gasteiger partial charge in [-0.2, -0.15) is 0 Å². The minimum absolute atomic E-state index is 0. The quantitative estimate of drug-likeness (QED) is 0.284. The van der Waals surface area contributed by atoms with Crippen molar-refractivity contribution in [3.8, 4) is 0 Å². The van der Waals surface area contributed by atoms with Gasteiger partial charge in [0.2, 0.25) is 0 Å². The third-order valence-electron chi connectivity index (χ3n) is 5.18. The second-order valence-electron chi connectivity index (χ2n) is 6.86. The van der Waals surface area contributed by atoms with Crippen molar-refractivity contribution in [2.24, 2.45) is 5.92 Å². The standard InChI is InChI=1S/C16H27O9.Y/c1-7-14-11(19)13(21)15(23-7)22-5-3-2-4-8-9(6-17)24-16(25-14)12(20)10(8)18;/h7-21H,1-6H2;/q-1;. The number of ether oxygens (including phenoxy) is 4. The Hall–Kier alpha value is 0.744. The van der Waals surface area contributed by atoms with Crippen LogP contribution in [0.3, 0.4) is 0 Å². The van der Waals surface area contributed by atoms with Crippen LogP contribution in [0.25, 0.3) is 0 Å². The van der Waals surface area contributed by atoms with Crippen LogP contribution in [-0.4, -0.2) is 94.1 Å². The van der Waals surface area contributed by atoms with Crippen LogP contribution >= 0.6 is 0 Å². The molecule has 0 saturated carbocycles. The van der Waals surface area contributed by atoms with Crippen molar-refractivity contribution in [2.75, 3.05) is 13.2 Å². The molecule has 6 saturated heterocycles. The minimum Gasteiger partial charge on any atom is -0.394 e. The first kappa shape index (κ1) is 23.0. The molecule has 149 valence electrons. The van der Waals surface area contributed by atoms with E-state index in [9.17, 15) is 25.5 Å². The molecule has 6 aliphatic rings. The summed E-state index contributed by atoms with van der Waals surface area (Å²) >= 11 is 0. The minimum atomic E-state index is -1.37. The van der Waals surface area contributed by atoms with Crippen LogP contribution in [0.15, 0.2) is 0 Å². The number of aliphatic hydroxyl groups excluding tert-OH is 5. The fraction of sp³-hybridized carbons (Fsp3) is 0.938. The third kappa shape index (κ3) is 4.65. The van der Waals surface area contributed by atoms with Gasteiger partial charge in [0.25, 0.3) is 0 Å². The first-order chi connectivity index (χ1) is 11.9. The van der Waals surface area contributed by atoms with E-state index in [0.29, 0.717) is 19.3 Å². The first-order valence-corrected chi connectivity index (χ1v) is 8.68. The Morgan fingerprint density at radius 1 is 0.846 bits per heavy atom. The molecule has 10 atom stereocenters. The molecule has 0 aromatic heterocycles. The van der Waals surface area contributed by atoms with Gasteiger partial charge in [0.1, 0.15) is 18.3 Å². The summed E-state index contributed by atoms with van der Waals surface area (Å²) in [6.45, 7) is 3.70. The molecular formula is C16H27O9Y-. The van der Waals surface area contributed by atoms with Crippen molar-refractivity contribution >= 4 is 0 Å². The molecule has 6 fully saturated rings. The van der Waals surface area contributed by atoms with E-state index < -0.39 is 61.2 Å². The first-order valence-electron chi connectivity index (χ1n) is 8.68. The monoisotopic (exact) mass is 452 g/mol. The number of hydrogen-bond acceptors (Lipinski definition) is 9. The second kappa shape index (κ2) is 9.98. The summed E-state index contributed by atoms with van der Waals surface area (Å²) in [5.41, 5.74) is 0. The molecule has 6 heterocycles. The van der Waals surface area contributed by atoms with Crippen molar-refractivity contribution in [1.82, 2.24) is 0 Å². The summed E-state index contributed by atoms with van der Waals surface area (Å²) in [7, 11) is 0. The Kier molecular flexibility index (Phi) is 8.84. The maximum Gasteiger partial charge on any atom is 0.186 e. The van der Waals surface area contributed by atoms with Gasteiger partial charge in [0.15, 0.2) is 12.6 Å². The van der Waals surface area contributed by atoms with Gasteiger partial charge in [-0.1, -0.05) is 6.42 Å². The van der Waals surface area contributed by atoms with E-state index in [0.717, 1.165) is 0 Å². The Morgan fingerprint density at radius 2 is 1.54 bits per heavy atom. The van der Waals surface area contributed by atoms with Crippen molar-refractivity contribution < 1.29 is 77.2 Å². The molecule has 4 bridgehead atoms. The summed E-state index contributed by atoms with van der Waals surface area (Å²) in [5.74, 6) is -0.442. The van der Waals surface area contributed by atoms with Gasteiger partial charge in [-0.25, -0.2) is 0 Å². The zero-order valence-electron chi connectivity index (χ0n) is 14.5. The van der Waals surface area contributed by atoms with Crippen LogP contribution in [0.4, 0.5) is 0 Å². The fourth-order valence-corrected chi connectivity index (χ4v) is 3.68. The molecule has 0 amide bonds. The fourth-order valence-electron chi connectivity index (χ4n) is 3.68. The number of aliphatic hydroxyl groups is 5. The topological polar surface area (TPSA) is 138 Å². The van der Waals surface area contributed by atoms with E-state index in [-0.39, 0.29) is 45.9 Å². The molecule has 10 heteroatoms. The molecule has 0 spiro atoms. The van der Waals surface area contributed by atoms with Crippen molar-refractivity contribution in [3.05, 3.63) is 6.92 Å². The van der Waals surface area contributed by atoms with E-state index >= 15 is 0 Å². The molecule has 5 N–H and O–H groups in total. The average molecular weight is 452 g/mol. The zero-order valence-corrected chi connectivity index (χ0v) is 17.3. The van der Waals surface area contributed by atoms with Crippen LogP contribution in [0.2, 0.25) is 0 Å². The molecule has 0 aromatic carbocycles. The largest absolute Gasteiger partial charge is 0.394 e. The van der Waals surface area contributed by atoms with Gasteiger partial charge in [-0.3, -0.25) is 0 Å². The summed E-state index contributed by atoms with van der Waals surface area (Å²) < 4.78 is 22.2. The van der Waals surface area contributed by atoms with Gasteiger partial charge < -0.3 is 51.4 Å². The van der Waals surface area contributed by atoms with E-state index in [4.69, 9.17) is 18.9 Å². The van der Waals surface area contributed by atoms with Crippen molar-refractivity contribution in [1.29, 1.82) is 0 Å². The van der Waals surface area contributed by atoms with Gasteiger partial charge in [0.05, 0.1) is 24.9 Å². The van der Waals surface area contributed by atoms with E-state index in [1.165, 1.54) is 0 Å². The zero-order chi connectivity index (χ0) is 18.1. The SMILES string of the molecule is [CH2-]C1OC2OCCCCC3C(CO)OC(OC1C(O)C2O)C(O)C3O.[Y]. The van der Waals surface area contributed by atoms with Crippen molar-refractivity contribution in [2.45, 2.75) is 74.6 Å². The van der Waals surface area contributed by atoms with Gasteiger partial charge in [-0.15, -0.1) is 0 Å². The summed E-state index contributed by atoms with van der Waals surface area (Å²) in [4.78, 5) is 0. The molecular weight excluding hydrogens is 425 g/mol. The summed E-state index contributed by atoms with van der Waals surface area (Å²) in [6, 6.07) is 0. The Morgan fingerprint density at radius 3 is 2.23 bits per heavy atom. The Labute approximate surface area is 177 Å². The normalized spacial score (nSPS) is 50.1. The van der Waals surface area contributed by atoms with Gasteiger partial charge in [0, 0.05) is 45.2 Å². The summed E-state index contributed by atoms with van der Waals surface area (Å²) in [5, 5.41) is 50.8. The maximum absolute atomic E-state index is 10.4. The molecule has 10 unspecified atom stereocenters. The van der Waals surface area contributed by atoms with E-state index in [1.807, 2.05) is 0 Å². The summed E-state index contributed by atoms with van der Waals surface area (Å²) in [6.07, 6.45) is -8.43. The predicted octanol–water partition coefficient (Wildman–Crippen LogP) is -2.09. The number of hydrogen-bond donors (Lipinski definition) is 5. The Balaban J connectivity index is 0.00000243. The van der Waals surface area contributed by atoms with Crippen LogP contribution in [0.1, 0.15) is 19.3 Å². The maximum atomic E-state index is 10.4. The van der Waals surface area contributed by atoms with E-state index in [2.05, 4.69) is 6.92 Å². The molecule has 9 nitrogen and oxygen atoms in total. The van der Waals surface area contributed by atoms with Gasteiger partial charge in [-0.05, 0) is 18.9 Å². The third-order valence-corrected chi connectivity index (χ3v) is 5.18. The predicted molar refractivity (Wildman–Crippen MR) is 82.0 cm³/mol. The smallest absolute Gasteiger partial charge is 0.186 e. The van der Waals surface area contributed by atoms with Crippen LogP contribution < -0.4 is 0 Å². The van der Waals surface area contributed by atoms with Crippen molar-refractivity contribution in [3.63, 3.8) is 0 Å². The van der Waals surface area contributed by atoms with Crippen LogP contribution in [-0.2, 0) is 51.7 Å². The van der Waals surface area contributed by atoms with E-state index in [1.54, 1.807) is 0 Å². The second-order valence-corrected chi connectivity index (χ2v) is 6.86. The average Bonchev–Trinajstić information content (AvgIpc) is 2.60. The van der Waals surface area contributed by atoms with Crippen LogP contribution in [0.5, 0.6) is 0 Å². The Bertz CT molecular complexity index is 440. The molecule has 0 aliphatic carbocycles. The molecule has 26 heavy (non-hydrogen) atoms. The van der Waals surface area contributed by atoms with Crippen LogP contribution in [0, 0.1) is 12.8 Å².